The van der Waals surface area contributed by atoms with Crippen LogP contribution in [-0.2, 0) is 5.41 Å². The van der Waals surface area contributed by atoms with E-state index in [1.807, 2.05) is 6.07 Å². The van der Waals surface area contributed by atoms with Crippen molar-refractivity contribution in [3.05, 3.63) is 34.1 Å². The zero-order valence-electron chi connectivity index (χ0n) is 11.7. The average Bonchev–Trinajstić information content (AvgIpc) is 2.31. The van der Waals surface area contributed by atoms with Crippen molar-refractivity contribution in [3.8, 4) is 0 Å². The topological polar surface area (TPSA) is 0 Å². The average molecular weight is 348 g/mol. The lowest BCUT2D eigenvalue weighted by Crippen LogP contribution is -2.39. The second-order valence-corrected chi connectivity index (χ2v) is 7.86. The van der Waals surface area contributed by atoms with Crippen LogP contribution in [0.1, 0.15) is 45.6 Å². The van der Waals surface area contributed by atoms with E-state index in [0.717, 1.165) is 22.9 Å². The molecule has 3 heteroatoms. The molecule has 0 nitrogen and oxygen atoms in total. The maximum Gasteiger partial charge on any atom is 0.127 e. The van der Waals surface area contributed by atoms with Crippen molar-refractivity contribution in [2.45, 2.75) is 50.8 Å². The monoisotopic (exact) mass is 346 g/mol. The van der Waals surface area contributed by atoms with Gasteiger partial charge in [0, 0.05) is 9.85 Å². The minimum atomic E-state index is -0.236. The van der Waals surface area contributed by atoms with Gasteiger partial charge in [-0.3, -0.25) is 0 Å². The number of alkyl halides is 1. The summed E-state index contributed by atoms with van der Waals surface area (Å²) in [7, 11) is 0. The second-order valence-electron chi connectivity index (χ2n) is 6.39. The summed E-state index contributed by atoms with van der Waals surface area (Å²) in [5.74, 6) is 0.881. The Morgan fingerprint density at radius 3 is 2.63 bits per heavy atom. The summed E-state index contributed by atoms with van der Waals surface area (Å²) in [6.45, 7) is 6.49. The van der Waals surface area contributed by atoms with E-state index < -0.39 is 0 Å². The Kier molecular flexibility index (Phi) is 4.62. The van der Waals surface area contributed by atoms with Crippen LogP contribution in [0.4, 0.5) is 4.39 Å². The molecule has 0 spiro atoms. The molecule has 0 aromatic heterocycles. The van der Waals surface area contributed by atoms with Crippen LogP contribution in [0.2, 0.25) is 0 Å². The first kappa shape index (κ1) is 15.3. The molecule has 19 heavy (non-hydrogen) atoms. The van der Waals surface area contributed by atoms with Crippen molar-refractivity contribution in [2.24, 2.45) is 11.8 Å². The smallest absolute Gasteiger partial charge is 0.127 e. The summed E-state index contributed by atoms with van der Waals surface area (Å²) in [6, 6.07) is 5.18. The zero-order chi connectivity index (χ0) is 14.2. The third kappa shape index (κ3) is 3.16. The Morgan fingerprint density at radius 1 is 1.32 bits per heavy atom. The number of benzene rings is 1. The minimum Gasteiger partial charge on any atom is -0.207 e. The number of hydrogen-bond donors (Lipinski definition) is 0. The van der Waals surface area contributed by atoms with Gasteiger partial charge in [0.25, 0.3) is 0 Å². The molecule has 0 N–H and O–H groups in total. The molecule has 1 saturated carbocycles. The first-order chi connectivity index (χ1) is 8.82. The van der Waals surface area contributed by atoms with E-state index in [-0.39, 0.29) is 16.6 Å². The molecule has 1 aromatic rings. The fourth-order valence-electron chi connectivity index (χ4n) is 3.32. The molecule has 0 heterocycles. The molecule has 2 rings (SSSR count). The number of rotatable bonds is 2. The van der Waals surface area contributed by atoms with Crippen LogP contribution in [0, 0.1) is 17.7 Å². The lowest BCUT2D eigenvalue weighted by molar-refractivity contribution is 0.204. The van der Waals surface area contributed by atoms with Gasteiger partial charge in [-0.05, 0) is 53.9 Å². The quantitative estimate of drug-likeness (QED) is 0.583. The van der Waals surface area contributed by atoms with Crippen LogP contribution in [0.25, 0.3) is 0 Å². The predicted octanol–water partition coefficient (Wildman–Crippen LogP) is 5.91. The molecule has 0 radical (unpaired) electrons. The Morgan fingerprint density at radius 2 is 2.00 bits per heavy atom. The summed E-state index contributed by atoms with van der Waals surface area (Å²) in [6.07, 6.45) is 3.30. The largest absolute Gasteiger partial charge is 0.207 e. The fraction of sp³-hybridized carbons (Fsp3) is 0.625. The lowest BCUT2D eigenvalue weighted by atomic mass is 9.65. The molecular weight excluding hydrogens is 327 g/mol. The maximum atomic E-state index is 14.2. The first-order valence-electron chi connectivity index (χ1n) is 6.92. The van der Waals surface area contributed by atoms with Gasteiger partial charge < -0.3 is 0 Å². The fourth-order valence-corrected chi connectivity index (χ4v) is 4.42. The van der Waals surface area contributed by atoms with Gasteiger partial charge in [0.05, 0.1) is 0 Å². The van der Waals surface area contributed by atoms with Gasteiger partial charge in [0.1, 0.15) is 5.82 Å². The third-order valence-electron chi connectivity index (χ3n) is 4.58. The Bertz CT molecular complexity index is 458. The molecule has 0 bridgehead atoms. The molecule has 0 aliphatic heterocycles. The lowest BCUT2D eigenvalue weighted by Gasteiger charge is -2.42. The summed E-state index contributed by atoms with van der Waals surface area (Å²) in [5.41, 5.74) is 0.535. The van der Waals surface area contributed by atoms with Crippen molar-refractivity contribution >= 4 is 27.5 Å². The third-order valence-corrected chi connectivity index (χ3v) is 5.56. The van der Waals surface area contributed by atoms with E-state index in [0.29, 0.717) is 11.8 Å². The Labute approximate surface area is 128 Å². The summed E-state index contributed by atoms with van der Waals surface area (Å²) >= 11 is 10.0. The highest BCUT2D eigenvalue weighted by Gasteiger charge is 2.40. The molecule has 1 fully saturated rings. The van der Waals surface area contributed by atoms with Crippen LogP contribution >= 0.6 is 27.5 Å². The van der Waals surface area contributed by atoms with Gasteiger partial charge in [0.2, 0.25) is 0 Å². The van der Waals surface area contributed by atoms with Gasteiger partial charge in [0.15, 0.2) is 0 Å². The Balaban J connectivity index is 2.33. The van der Waals surface area contributed by atoms with Crippen LogP contribution in [0.3, 0.4) is 0 Å². The minimum absolute atomic E-state index is 0.129. The summed E-state index contributed by atoms with van der Waals surface area (Å²) in [4.78, 5) is 0. The van der Waals surface area contributed by atoms with Crippen LogP contribution in [0.5, 0.6) is 0 Å². The molecule has 3 atom stereocenters. The van der Waals surface area contributed by atoms with Crippen molar-refractivity contribution in [1.29, 1.82) is 0 Å². The van der Waals surface area contributed by atoms with E-state index in [9.17, 15) is 4.39 Å². The predicted molar refractivity (Wildman–Crippen MR) is 83.3 cm³/mol. The SMILES string of the molecule is CC1CCC(C(C)(C)c2cc(Br)ccc2F)C(Cl)C1. The van der Waals surface area contributed by atoms with Crippen LogP contribution < -0.4 is 0 Å². The van der Waals surface area contributed by atoms with Crippen molar-refractivity contribution in [2.75, 3.05) is 0 Å². The molecule has 1 aromatic carbocycles. The molecule has 3 unspecified atom stereocenters. The molecule has 0 saturated heterocycles. The van der Waals surface area contributed by atoms with Gasteiger partial charge in [-0.1, -0.05) is 43.1 Å². The van der Waals surface area contributed by atoms with Gasteiger partial charge >= 0.3 is 0 Å². The molecule has 0 amide bonds. The van der Waals surface area contributed by atoms with Crippen molar-refractivity contribution < 1.29 is 4.39 Å². The normalized spacial score (nSPS) is 28.4. The van der Waals surface area contributed by atoms with E-state index in [1.54, 1.807) is 6.07 Å². The Hall–Kier alpha value is -0.0800. The van der Waals surface area contributed by atoms with Crippen molar-refractivity contribution in [1.82, 2.24) is 0 Å². The number of hydrogen-bond acceptors (Lipinski definition) is 0. The standard InChI is InChI=1S/C16H21BrClF/c1-10-4-6-12(14(18)8-10)16(2,3)13-9-11(17)5-7-15(13)19/h5,7,9-10,12,14H,4,6,8H2,1-3H3. The zero-order valence-corrected chi connectivity index (χ0v) is 14.1. The summed E-state index contributed by atoms with van der Waals surface area (Å²) in [5, 5.41) is 0.136. The second kappa shape index (κ2) is 5.73. The molecule has 1 aliphatic carbocycles. The van der Waals surface area contributed by atoms with Gasteiger partial charge in [-0.25, -0.2) is 4.39 Å². The highest BCUT2D eigenvalue weighted by atomic mass is 79.9. The van der Waals surface area contributed by atoms with E-state index in [1.165, 1.54) is 12.5 Å². The van der Waals surface area contributed by atoms with Gasteiger partial charge in [-0.15, -0.1) is 11.6 Å². The van der Waals surface area contributed by atoms with Crippen molar-refractivity contribution in [3.63, 3.8) is 0 Å². The maximum absolute atomic E-state index is 14.2. The van der Waals surface area contributed by atoms with E-state index >= 15 is 0 Å². The molecular formula is C16H21BrClF. The van der Waals surface area contributed by atoms with Crippen LogP contribution in [-0.4, -0.2) is 5.38 Å². The highest BCUT2D eigenvalue weighted by Crippen LogP contribution is 2.45. The highest BCUT2D eigenvalue weighted by molar-refractivity contribution is 9.10. The summed E-state index contributed by atoms with van der Waals surface area (Å²) < 4.78 is 15.1. The van der Waals surface area contributed by atoms with E-state index in [4.69, 9.17) is 11.6 Å². The van der Waals surface area contributed by atoms with Gasteiger partial charge in [-0.2, -0.15) is 0 Å². The van der Waals surface area contributed by atoms with E-state index in [2.05, 4.69) is 36.7 Å². The van der Waals surface area contributed by atoms with Crippen LogP contribution in [0.15, 0.2) is 22.7 Å². The molecule has 106 valence electrons. The first-order valence-corrected chi connectivity index (χ1v) is 8.15. The number of halogens is 3. The molecule has 1 aliphatic rings.